The highest BCUT2D eigenvalue weighted by Gasteiger charge is 2.27. The van der Waals surface area contributed by atoms with Crippen molar-refractivity contribution in [2.24, 2.45) is 0 Å². The first kappa shape index (κ1) is 11.8. The lowest BCUT2D eigenvalue weighted by atomic mass is 9.95. The molecule has 1 aromatic rings. The van der Waals surface area contributed by atoms with Gasteiger partial charge in [0.2, 0.25) is 5.91 Å². The molecule has 1 saturated heterocycles. The molecular weight excluding hydrogens is 247 g/mol. The van der Waals surface area contributed by atoms with Crippen molar-refractivity contribution >= 4 is 23.5 Å². The summed E-state index contributed by atoms with van der Waals surface area (Å²) >= 11 is 1.29. The second kappa shape index (κ2) is 4.70. The number of amides is 1. The van der Waals surface area contributed by atoms with E-state index in [1.165, 1.54) is 24.1 Å². The standard InChI is InChI=1S/C10H9FN2O3S/c11-9-5-6(13(15)16)1-2-7(9)8-3-4-17-12-10(8)14/h1-2,5,8H,3-4H2,(H,12,14). The topological polar surface area (TPSA) is 72.2 Å². The third kappa shape index (κ3) is 2.38. The molecule has 1 N–H and O–H groups in total. The van der Waals surface area contributed by atoms with Crippen LogP contribution in [0.25, 0.3) is 0 Å². The van der Waals surface area contributed by atoms with Gasteiger partial charge in [0.15, 0.2) is 0 Å². The quantitative estimate of drug-likeness (QED) is 0.499. The zero-order chi connectivity index (χ0) is 12.4. The van der Waals surface area contributed by atoms with E-state index < -0.39 is 16.7 Å². The highest BCUT2D eigenvalue weighted by Crippen LogP contribution is 2.29. The van der Waals surface area contributed by atoms with Gasteiger partial charge in [-0.25, -0.2) is 4.39 Å². The van der Waals surface area contributed by atoms with Crippen LogP contribution in [0.5, 0.6) is 0 Å². The summed E-state index contributed by atoms with van der Waals surface area (Å²) < 4.78 is 16.2. The fourth-order valence-electron chi connectivity index (χ4n) is 1.71. The molecule has 1 atom stereocenters. The Kier molecular flexibility index (Phi) is 3.28. The van der Waals surface area contributed by atoms with Crippen molar-refractivity contribution in [3.8, 4) is 0 Å². The molecular formula is C10H9FN2O3S. The van der Waals surface area contributed by atoms with Gasteiger partial charge < -0.3 is 0 Å². The van der Waals surface area contributed by atoms with E-state index in [4.69, 9.17) is 0 Å². The average Bonchev–Trinajstić information content (AvgIpc) is 2.30. The number of non-ortho nitro benzene ring substituents is 1. The van der Waals surface area contributed by atoms with Crippen molar-refractivity contribution in [2.75, 3.05) is 5.75 Å². The third-order valence-corrected chi connectivity index (χ3v) is 3.35. The molecule has 0 spiro atoms. The van der Waals surface area contributed by atoms with Crippen LogP contribution in [0.1, 0.15) is 17.9 Å². The average molecular weight is 256 g/mol. The van der Waals surface area contributed by atoms with E-state index in [1.807, 2.05) is 0 Å². The Labute approximate surface area is 101 Å². The lowest BCUT2D eigenvalue weighted by Crippen LogP contribution is -2.30. The van der Waals surface area contributed by atoms with E-state index in [-0.39, 0.29) is 17.2 Å². The Hall–Kier alpha value is -1.63. The maximum atomic E-state index is 13.7. The van der Waals surface area contributed by atoms with Crippen LogP contribution in [0, 0.1) is 15.9 Å². The number of nitrogens with zero attached hydrogens (tertiary/aromatic N) is 1. The summed E-state index contributed by atoms with van der Waals surface area (Å²) in [7, 11) is 0. The van der Waals surface area contributed by atoms with E-state index in [0.717, 1.165) is 6.07 Å². The Bertz CT molecular complexity index is 481. The predicted octanol–water partition coefficient (Wildman–Crippen LogP) is 1.99. The molecule has 1 unspecified atom stereocenters. The van der Waals surface area contributed by atoms with Crippen LogP contribution in [-0.4, -0.2) is 16.6 Å². The third-order valence-electron chi connectivity index (χ3n) is 2.57. The van der Waals surface area contributed by atoms with Gasteiger partial charge in [-0.1, -0.05) is 11.9 Å². The second-order valence-electron chi connectivity index (χ2n) is 3.62. The van der Waals surface area contributed by atoms with Crippen molar-refractivity contribution in [3.05, 3.63) is 39.7 Å². The van der Waals surface area contributed by atoms with Gasteiger partial charge >= 0.3 is 0 Å². The van der Waals surface area contributed by atoms with E-state index in [1.54, 1.807) is 0 Å². The molecule has 0 radical (unpaired) electrons. The maximum Gasteiger partial charge on any atom is 0.272 e. The van der Waals surface area contributed by atoms with E-state index in [9.17, 15) is 19.3 Å². The highest BCUT2D eigenvalue weighted by molar-refractivity contribution is 7.98. The number of benzene rings is 1. The van der Waals surface area contributed by atoms with Crippen molar-refractivity contribution in [2.45, 2.75) is 12.3 Å². The number of carbonyl (C=O) groups is 1. The van der Waals surface area contributed by atoms with Crippen LogP contribution in [-0.2, 0) is 4.79 Å². The molecule has 7 heteroatoms. The Morgan fingerprint density at radius 3 is 2.88 bits per heavy atom. The van der Waals surface area contributed by atoms with E-state index in [0.29, 0.717) is 12.2 Å². The molecule has 0 saturated carbocycles. The van der Waals surface area contributed by atoms with Crippen molar-refractivity contribution in [1.82, 2.24) is 4.72 Å². The maximum absolute atomic E-state index is 13.7. The summed E-state index contributed by atoms with van der Waals surface area (Å²) in [5, 5.41) is 10.5. The van der Waals surface area contributed by atoms with Crippen LogP contribution in [0.2, 0.25) is 0 Å². The normalized spacial score (nSPS) is 19.8. The predicted molar refractivity (Wildman–Crippen MR) is 61.0 cm³/mol. The monoisotopic (exact) mass is 256 g/mol. The number of halogens is 1. The van der Waals surface area contributed by atoms with Gasteiger partial charge in [0, 0.05) is 17.4 Å². The van der Waals surface area contributed by atoms with E-state index in [2.05, 4.69) is 4.72 Å². The van der Waals surface area contributed by atoms with Gasteiger partial charge in [-0.3, -0.25) is 19.6 Å². The summed E-state index contributed by atoms with van der Waals surface area (Å²) in [6, 6.07) is 3.38. The van der Waals surface area contributed by atoms with Crippen LogP contribution in [0.3, 0.4) is 0 Å². The zero-order valence-corrected chi connectivity index (χ0v) is 9.50. The first-order chi connectivity index (χ1) is 8.09. The van der Waals surface area contributed by atoms with Crippen LogP contribution in [0.4, 0.5) is 10.1 Å². The van der Waals surface area contributed by atoms with Crippen molar-refractivity contribution in [1.29, 1.82) is 0 Å². The summed E-state index contributed by atoms with van der Waals surface area (Å²) in [6.07, 6.45) is 0.533. The fraction of sp³-hybridized carbons (Fsp3) is 0.300. The van der Waals surface area contributed by atoms with Crippen molar-refractivity contribution < 1.29 is 14.1 Å². The number of carbonyl (C=O) groups excluding carboxylic acids is 1. The molecule has 1 amide bonds. The molecule has 90 valence electrons. The number of hydrogen-bond donors (Lipinski definition) is 1. The lowest BCUT2D eigenvalue weighted by molar-refractivity contribution is -0.385. The SMILES string of the molecule is O=C1NSCCC1c1ccc([N+](=O)[O-])cc1F. The van der Waals surface area contributed by atoms with Crippen molar-refractivity contribution in [3.63, 3.8) is 0 Å². The molecule has 1 heterocycles. The fourth-order valence-corrected chi connectivity index (χ4v) is 2.45. The molecule has 1 aliphatic rings. The minimum absolute atomic E-state index is 0.216. The Morgan fingerprint density at radius 1 is 1.53 bits per heavy atom. The number of rotatable bonds is 2. The number of nitro groups is 1. The first-order valence-electron chi connectivity index (χ1n) is 4.95. The first-order valence-corrected chi connectivity index (χ1v) is 5.93. The van der Waals surface area contributed by atoms with Crippen LogP contribution in [0.15, 0.2) is 18.2 Å². The summed E-state index contributed by atoms with van der Waals surface area (Å²) in [5.41, 5.74) is -0.0924. The van der Waals surface area contributed by atoms with Gasteiger partial charge in [0.05, 0.1) is 16.9 Å². The number of nitrogens with one attached hydrogen (secondary N) is 1. The van der Waals surface area contributed by atoms with E-state index >= 15 is 0 Å². The summed E-state index contributed by atoms with van der Waals surface area (Å²) in [6.45, 7) is 0. The molecule has 0 aromatic heterocycles. The van der Waals surface area contributed by atoms with Gasteiger partial charge in [-0.15, -0.1) is 0 Å². The Morgan fingerprint density at radius 2 is 2.29 bits per heavy atom. The van der Waals surface area contributed by atoms with Gasteiger partial charge in [0.25, 0.3) is 5.69 Å². The van der Waals surface area contributed by atoms with Gasteiger partial charge in [0.1, 0.15) is 5.82 Å². The zero-order valence-electron chi connectivity index (χ0n) is 8.68. The molecule has 0 aliphatic carbocycles. The van der Waals surface area contributed by atoms with Crippen LogP contribution < -0.4 is 4.72 Å². The molecule has 1 fully saturated rings. The minimum Gasteiger partial charge on any atom is -0.300 e. The summed E-state index contributed by atoms with van der Waals surface area (Å²) in [5.74, 6) is -0.815. The molecule has 1 aliphatic heterocycles. The minimum atomic E-state index is -0.703. The largest absolute Gasteiger partial charge is 0.300 e. The smallest absolute Gasteiger partial charge is 0.272 e. The van der Waals surface area contributed by atoms with Gasteiger partial charge in [-0.2, -0.15) is 0 Å². The molecule has 2 rings (SSSR count). The lowest BCUT2D eigenvalue weighted by Gasteiger charge is -2.21. The van der Waals surface area contributed by atoms with Crippen LogP contribution >= 0.6 is 11.9 Å². The highest BCUT2D eigenvalue weighted by atomic mass is 32.2. The molecule has 0 bridgehead atoms. The summed E-state index contributed by atoms with van der Waals surface area (Å²) in [4.78, 5) is 21.3. The second-order valence-corrected chi connectivity index (χ2v) is 4.52. The molecule has 5 nitrogen and oxygen atoms in total. The number of nitro benzene ring substituents is 1. The molecule has 17 heavy (non-hydrogen) atoms. The number of hydrogen-bond acceptors (Lipinski definition) is 4. The molecule has 1 aromatic carbocycles. The Balaban J connectivity index is 2.32. The van der Waals surface area contributed by atoms with Gasteiger partial charge in [-0.05, 0) is 12.5 Å².